The molecule has 1 aliphatic heterocycles. The highest BCUT2D eigenvalue weighted by Crippen LogP contribution is 2.36. The van der Waals surface area contributed by atoms with E-state index in [0.29, 0.717) is 5.69 Å². The number of hydrogen-bond acceptors (Lipinski definition) is 5. The highest BCUT2D eigenvalue weighted by molar-refractivity contribution is 7.18. The molecule has 142 valence electrons. The molecule has 0 aliphatic carbocycles. The Hall–Kier alpha value is -3.00. The zero-order valence-corrected chi connectivity index (χ0v) is 16.5. The van der Waals surface area contributed by atoms with Crippen LogP contribution >= 0.6 is 11.3 Å². The van der Waals surface area contributed by atoms with Crippen molar-refractivity contribution in [2.45, 2.75) is 25.8 Å². The minimum atomic E-state index is -0.107. The molecular formula is C20H20N6OS. The van der Waals surface area contributed by atoms with Crippen molar-refractivity contribution < 1.29 is 4.79 Å². The number of aryl methyl sites for hydroxylation is 2. The number of thiazole rings is 1. The number of nitrogens with zero attached hydrogens (tertiary/aromatic N) is 5. The van der Waals surface area contributed by atoms with Crippen LogP contribution in [0.4, 0.5) is 10.5 Å². The van der Waals surface area contributed by atoms with Gasteiger partial charge in [0, 0.05) is 19.0 Å². The lowest BCUT2D eigenvalue weighted by Crippen LogP contribution is -2.34. The Morgan fingerprint density at radius 2 is 2.18 bits per heavy atom. The third-order valence-corrected chi connectivity index (χ3v) is 6.36. The Labute approximate surface area is 166 Å². The molecule has 1 aromatic carbocycles. The number of fused-ring (bicyclic) bond motifs is 2. The number of anilines is 1. The molecule has 2 amide bonds. The van der Waals surface area contributed by atoms with Crippen molar-refractivity contribution in [2.24, 2.45) is 7.05 Å². The molecule has 0 spiro atoms. The van der Waals surface area contributed by atoms with E-state index in [4.69, 9.17) is 4.98 Å². The van der Waals surface area contributed by atoms with Crippen LogP contribution < -0.4 is 5.32 Å². The summed E-state index contributed by atoms with van der Waals surface area (Å²) in [6, 6.07) is 9.96. The van der Waals surface area contributed by atoms with Crippen molar-refractivity contribution in [3.63, 3.8) is 0 Å². The van der Waals surface area contributed by atoms with Gasteiger partial charge in [0.15, 0.2) is 5.65 Å². The molecule has 28 heavy (non-hydrogen) atoms. The summed E-state index contributed by atoms with van der Waals surface area (Å²) in [4.78, 5) is 24.1. The van der Waals surface area contributed by atoms with Crippen molar-refractivity contribution in [2.75, 3.05) is 11.9 Å². The predicted molar refractivity (Wildman–Crippen MR) is 111 cm³/mol. The number of carbonyl (C=O) groups is 1. The first-order valence-electron chi connectivity index (χ1n) is 9.32. The fourth-order valence-corrected chi connectivity index (χ4v) is 4.99. The van der Waals surface area contributed by atoms with Gasteiger partial charge < -0.3 is 10.2 Å². The Morgan fingerprint density at radius 1 is 1.32 bits per heavy atom. The Balaban J connectivity index is 1.40. The van der Waals surface area contributed by atoms with Crippen LogP contribution in [0.2, 0.25) is 0 Å². The topological polar surface area (TPSA) is 75.9 Å². The van der Waals surface area contributed by atoms with Gasteiger partial charge in [0.1, 0.15) is 5.01 Å². The van der Waals surface area contributed by atoms with Gasteiger partial charge >= 0.3 is 6.03 Å². The molecule has 1 fully saturated rings. The van der Waals surface area contributed by atoms with Crippen LogP contribution in [0.5, 0.6) is 0 Å². The maximum atomic E-state index is 13.0. The van der Waals surface area contributed by atoms with Crippen LogP contribution in [0.15, 0.2) is 36.5 Å². The first kappa shape index (κ1) is 17.1. The zero-order valence-electron chi connectivity index (χ0n) is 15.7. The van der Waals surface area contributed by atoms with E-state index >= 15 is 0 Å². The number of likely N-dealkylation sites (tertiary alicyclic amines) is 1. The van der Waals surface area contributed by atoms with Crippen molar-refractivity contribution >= 4 is 44.3 Å². The normalized spacial score (nSPS) is 16.9. The van der Waals surface area contributed by atoms with Gasteiger partial charge in [-0.1, -0.05) is 12.1 Å². The van der Waals surface area contributed by atoms with Gasteiger partial charge in [-0.2, -0.15) is 5.10 Å². The summed E-state index contributed by atoms with van der Waals surface area (Å²) in [5.74, 6) is 0. The summed E-state index contributed by atoms with van der Waals surface area (Å²) in [6.45, 7) is 2.67. The van der Waals surface area contributed by atoms with E-state index in [9.17, 15) is 4.79 Å². The second kappa shape index (κ2) is 6.56. The van der Waals surface area contributed by atoms with E-state index in [2.05, 4.69) is 21.5 Å². The third kappa shape index (κ3) is 2.80. The number of benzene rings is 1. The number of urea groups is 1. The van der Waals surface area contributed by atoms with Gasteiger partial charge in [-0.3, -0.25) is 4.68 Å². The molecular weight excluding hydrogens is 372 g/mol. The number of amides is 2. The van der Waals surface area contributed by atoms with Crippen LogP contribution in [0.25, 0.3) is 21.3 Å². The highest BCUT2D eigenvalue weighted by atomic mass is 32.1. The predicted octanol–water partition coefficient (Wildman–Crippen LogP) is 4.26. The summed E-state index contributed by atoms with van der Waals surface area (Å²) < 4.78 is 2.91. The van der Waals surface area contributed by atoms with E-state index in [1.165, 1.54) is 0 Å². The first-order valence-corrected chi connectivity index (χ1v) is 10.1. The zero-order chi connectivity index (χ0) is 19.3. The molecule has 1 aliphatic rings. The van der Waals surface area contributed by atoms with E-state index in [-0.39, 0.29) is 12.1 Å². The van der Waals surface area contributed by atoms with Gasteiger partial charge in [0.05, 0.1) is 33.8 Å². The molecule has 8 heteroatoms. The number of para-hydroxylation sites is 1. The fraction of sp³-hybridized carbons (Fsp3) is 0.300. The number of carbonyl (C=O) groups excluding carboxylic acids is 1. The highest BCUT2D eigenvalue weighted by Gasteiger charge is 2.32. The first-order chi connectivity index (χ1) is 13.6. The molecule has 5 rings (SSSR count). The minimum Gasteiger partial charge on any atom is -0.315 e. The molecule has 0 saturated carbocycles. The monoisotopic (exact) mass is 392 g/mol. The van der Waals surface area contributed by atoms with Crippen LogP contribution in [0.1, 0.15) is 29.6 Å². The molecule has 1 unspecified atom stereocenters. The maximum Gasteiger partial charge on any atom is 0.322 e. The van der Waals surface area contributed by atoms with E-state index in [1.807, 2.05) is 43.1 Å². The van der Waals surface area contributed by atoms with Crippen LogP contribution in [-0.4, -0.2) is 37.2 Å². The summed E-state index contributed by atoms with van der Waals surface area (Å²) >= 11 is 1.67. The molecule has 4 aromatic rings. The lowest BCUT2D eigenvalue weighted by molar-refractivity contribution is 0.207. The average molecular weight is 392 g/mol. The lowest BCUT2D eigenvalue weighted by atomic mass is 10.2. The van der Waals surface area contributed by atoms with E-state index in [1.54, 1.807) is 22.2 Å². The SMILES string of the molecule is Cc1nn(C)c2ncc(NC(=O)N3CCCC3c3nc4ccccc4s3)cc12. The standard InChI is InChI=1S/C20H20N6OS/c1-12-14-10-13(11-21-18(14)25(2)24-12)22-20(27)26-9-5-7-16(26)19-23-15-6-3-4-8-17(15)28-19/h3-4,6,8,10-11,16H,5,7,9H2,1-2H3,(H,22,27). The quantitative estimate of drug-likeness (QED) is 0.553. The van der Waals surface area contributed by atoms with Crippen molar-refractivity contribution in [3.05, 3.63) is 47.2 Å². The minimum absolute atomic E-state index is 0.0224. The average Bonchev–Trinajstić information content (AvgIpc) is 3.39. The molecule has 0 bridgehead atoms. The van der Waals surface area contributed by atoms with Gasteiger partial charge in [-0.05, 0) is 38.0 Å². The van der Waals surface area contributed by atoms with Crippen LogP contribution in [0, 0.1) is 6.92 Å². The molecule has 3 aromatic heterocycles. The summed E-state index contributed by atoms with van der Waals surface area (Å²) in [7, 11) is 1.87. The van der Waals surface area contributed by atoms with Crippen molar-refractivity contribution in [1.29, 1.82) is 0 Å². The third-order valence-electron chi connectivity index (χ3n) is 5.22. The Kier molecular flexibility index (Phi) is 4.01. The second-order valence-electron chi connectivity index (χ2n) is 7.11. The largest absolute Gasteiger partial charge is 0.322 e. The Bertz CT molecular complexity index is 1160. The smallest absolute Gasteiger partial charge is 0.315 e. The summed E-state index contributed by atoms with van der Waals surface area (Å²) in [6.07, 6.45) is 3.60. The molecule has 1 saturated heterocycles. The number of hydrogen-bond donors (Lipinski definition) is 1. The molecule has 4 heterocycles. The van der Waals surface area contributed by atoms with Gasteiger partial charge in [0.2, 0.25) is 0 Å². The number of aromatic nitrogens is 4. The number of nitrogens with one attached hydrogen (secondary N) is 1. The van der Waals surface area contributed by atoms with Gasteiger partial charge in [-0.25, -0.2) is 14.8 Å². The molecule has 7 nitrogen and oxygen atoms in total. The summed E-state index contributed by atoms with van der Waals surface area (Å²) in [5.41, 5.74) is 3.39. The number of rotatable bonds is 2. The second-order valence-corrected chi connectivity index (χ2v) is 8.17. The Morgan fingerprint density at radius 3 is 3.04 bits per heavy atom. The lowest BCUT2D eigenvalue weighted by Gasteiger charge is -2.23. The van der Waals surface area contributed by atoms with Crippen molar-refractivity contribution in [1.82, 2.24) is 24.6 Å². The fourth-order valence-electron chi connectivity index (χ4n) is 3.87. The number of pyridine rings is 1. The molecule has 1 atom stereocenters. The van der Waals surface area contributed by atoms with Crippen LogP contribution in [-0.2, 0) is 7.05 Å². The summed E-state index contributed by atoms with van der Waals surface area (Å²) in [5, 5.41) is 9.35. The maximum absolute atomic E-state index is 13.0. The van der Waals surface area contributed by atoms with Gasteiger partial charge in [0.25, 0.3) is 0 Å². The molecule has 1 N–H and O–H groups in total. The molecule has 0 radical (unpaired) electrons. The van der Waals surface area contributed by atoms with E-state index in [0.717, 1.165) is 51.3 Å². The van der Waals surface area contributed by atoms with Crippen molar-refractivity contribution in [3.8, 4) is 0 Å². The van der Waals surface area contributed by atoms with Crippen LogP contribution in [0.3, 0.4) is 0 Å². The van der Waals surface area contributed by atoms with E-state index < -0.39 is 0 Å². The van der Waals surface area contributed by atoms with Gasteiger partial charge in [-0.15, -0.1) is 11.3 Å².